The molecule has 0 heterocycles. The number of rotatable bonds is 17. The average molecular weight is 614 g/mol. The molecule has 0 unspecified atom stereocenters. The number of benzene rings is 2. The van der Waals surface area contributed by atoms with Crippen molar-refractivity contribution in [1.82, 2.24) is 0 Å². The van der Waals surface area contributed by atoms with Crippen molar-refractivity contribution in [1.29, 1.82) is 0 Å². The second-order valence-electron chi connectivity index (χ2n) is 9.28. The van der Waals surface area contributed by atoms with Crippen molar-refractivity contribution in [2.24, 2.45) is 0 Å². The third kappa shape index (κ3) is 12.4. The molecule has 6 heteroatoms. The van der Waals surface area contributed by atoms with Crippen LogP contribution in [0.25, 0.3) is 10.8 Å². The second-order valence-corrected chi connectivity index (χ2v) is 10.7. The van der Waals surface area contributed by atoms with E-state index in [1.807, 2.05) is 0 Å². The summed E-state index contributed by atoms with van der Waals surface area (Å²) < 4.78 is 34.9. The first kappa shape index (κ1) is 34.1. The summed E-state index contributed by atoms with van der Waals surface area (Å²) in [5.41, 5.74) is 2.59. The van der Waals surface area contributed by atoms with Gasteiger partial charge in [0.1, 0.15) is 10.1 Å². The molecule has 0 saturated heterocycles. The fourth-order valence-corrected chi connectivity index (χ4v) is 5.12. The molecule has 0 fully saturated rings. The van der Waals surface area contributed by atoms with Crippen molar-refractivity contribution in [3.8, 4) is 0 Å². The van der Waals surface area contributed by atoms with Gasteiger partial charge in [-0.25, -0.2) is 8.42 Å². The van der Waals surface area contributed by atoms with Gasteiger partial charge in [0.15, 0.2) is 0 Å². The van der Waals surface area contributed by atoms with E-state index in [0.717, 1.165) is 30.0 Å². The van der Waals surface area contributed by atoms with Crippen LogP contribution in [0.3, 0.4) is 0 Å². The van der Waals surface area contributed by atoms with Crippen LogP contribution in [-0.2, 0) is 23.0 Å². The van der Waals surface area contributed by atoms with Crippen LogP contribution in [0.5, 0.6) is 0 Å². The van der Waals surface area contributed by atoms with Crippen molar-refractivity contribution in [2.75, 3.05) is 0 Å². The molecule has 0 aliphatic carbocycles. The smallest absolute Gasteiger partial charge is 0.870 e. The standard InChI is InChI=1S/C28H44O3S.Ba.H2O/c1-3-5-7-9-11-13-15-17-24-19-20-25-21-22-26(32(29,30)31)23-28(25)27(24)18-16-14-12-10-8-6-4-2;;/h19-23H,3-18H2,1-2H3,(H,29,30,31);;1H2/q;+2;/p-2. The maximum atomic E-state index is 11.6. The molecule has 0 atom stereocenters. The van der Waals surface area contributed by atoms with Gasteiger partial charge in [0, 0.05) is 0 Å². The fourth-order valence-electron chi connectivity index (χ4n) is 4.62. The van der Waals surface area contributed by atoms with Crippen molar-refractivity contribution >= 4 is 69.8 Å². The number of hydrogen-bond acceptors (Lipinski definition) is 4. The molecule has 0 bridgehead atoms. The summed E-state index contributed by atoms with van der Waals surface area (Å²) in [5.74, 6) is 0. The summed E-state index contributed by atoms with van der Waals surface area (Å²) in [5, 5.41) is 1.98. The van der Waals surface area contributed by atoms with Gasteiger partial charge in [-0.1, -0.05) is 109 Å². The maximum absolute atomic E-state index is 11.6. The average Bonchev–Trinajstić information content (AvgIpc) is 2.77. The Morgan fingerprint density at radius 2 is 1.15 bits per heavy atom. The Bertz CT molecular complexity index is 912. The van der Waals surface area contributed by atoms with E-state index in [0.29, 0.717) is 0 Å². The molecule has 2 aromatic carbocycles. The van der Waals surface area contributed by atoms with Gasteiger partial charge in [-0.15, -0.1) is 0 Å². The normalized spacial score (nSPS) is 11.3. The van der Waals surface area contributed by atoms with Gasteiger partial charge in [-0.2, -0.15) is 0 Å². The predicted octanol–water partition coefficient (Wildman–Crippen LogP) is 7.77. The van der Waals surface area contributed by atoms with Gasteiger partial charge in [-0.3, -0.25) is 0 Å². The zero-order valence-corrected chi connectivity index (χ0v) is 26.7. The fraction of sp³-hybridized carbons (Fsp3) is 0.643. The van der Waals surface area contributed by atoms with Crippen LogP contribution in [0.4, 0.5) is 0 Å². The molecule has 34 heavy (non-hydrogen) atoms. The maximum Gasteiger partial charge on any atom is 2.00 e. The van der Waals surface area contributed by atoms with Crippen LogP contribution in [-0.4, -0.2) is 67.3 Å². The summed E-state index contributed by atoms with van der Waals surface area (Å²) in [4.78, 5) is -0.112. The Hall–Kier alpha value is 0.141. The Kier molecular flexibility index (Phi) is 19.4. The largest absolute Gasteiger partial charge is 2.00 e. The van der Waals surface area contributed by atoms with Gasteiger partial charge in [-0.05, 0) is 59.7 Å². The molecule has 0 amide bonds. The molecule has 0 radical (unpaired) electrons. The van der Waals surface area contributed by atoms with Gasteiger partial charge in [0.2, 0.25) is 0 Å². The molecular weight excluding hydrogens is 570 g/mol. The zero-order valence-electron chi connectivity index (χ0n) is 21.5. The van der Waals surface area contributed by atoms with E-state index >= 15 is 0 Å². The molecule has 4 nitrogen and oxygen atoms in total. The van der Waals surface area contributed by atoms with E-state index in [4.69, 9.17) is 0 Å². The van der Waals surface area contributed by atoms with Crippen LogP contribution in [0.15, 0.2) is 35.2 Å². The molecular formula is C28H44BaO4S. The molecule has 0 saturated carbocycles. The minimum absolute atomic E-state index is 0. The van der Waals surface area contributed by atoms with E-state index in [1.165, 1.54) is 101 Å². The first-order valence-electron chi connectivity index (χ1n) is 13.0. The monoisotopic (exact) mass is 614 g/mol. The third-order valence-corrected chi connectivity index (χ3v) is 7.40. The molecule has 2 rings (SSSR count). The summed E-state index contributed by atoms with van der Waals surface area (Å²) >= 11 is 0. The molecule has 188 valence electrons. The number of aryl methyl sites for hydroxylation is 2. The number of hydrogen-bond donors (Lipinski definition) is 0. The minimum atomic E-state index is -4.44. The Balaban J connectivity index is 0.00000544. The number of unbranched alkanes of at least 4 members (excludes halogenated alkanes) is 12. The van der Waals surface area contributed by atoms with Gasteiger partial charge < -0.3 is 10.0 Å². The Morgan fingerprint density at radius 1 is 0.676 bits per heavy atom. The molecule has 0 spiro atoms. The SMILES string of the molecule is CCCCCCCCCc1ccc2ccc(S(=O)(=O)[O-])cc2c1CCCCCCCCC.[Ba+2].[OH-]. The van der Waals surface area contributed by atoms with Gasteiger partial charge in [0.05, 0.1) is 4.90 Å². The van der Waals surface area contributed by atoms with Crippen LogP contribution < -0.4 is 0 Å². The third-order valence-electron chi connectivity index (χ3n) is 6.57. The quantitative estimate of drug-likeness (QED) is 0.104. The summed E-state index contributed by atoms with van der Waals surface area (Å²) in [6.45, 7) is 4.49. The van der Waals surface area contributed by atoms with Crippen LogP contribution in [0.1, 0.15) is 115 Å². The Labute approximate surface area is 248 Å². The van der Waals surface area contributed by atoms with E-state index in [9.17, 15) is 13.0 Å². The zero-order chi connectivity index (χ0) is 23.2. The van der Waals surface area contributed by atoms with Crippen LogP contribution in [0, 0.1) is 0 Å². The molecule has 1 N–H and O–H groups in total. The van der Waals surface area contributed by atoms with E-state index < -0.39 is 10.1 Å². The van der Waals surface area contributed by atoms with Crippen molar-refractivity contribution in [3.63, 3.8) is 0 Å². The molecule has 0 aromatic heterocycles. The van der Waals surface area contributed by atoms with Crippen LogP contribution in [0.2, 0.25) is 0 Å². The molecule has 2 aromatic rings. The first-order chi connectivity index (χ1) is 15.5. The summed E-state index contributed by atoms with van der Waals surface area (Å²) in [6, 6.07) is 9.15. The summed E-state index contributed by atoms with van der Waals surface area (Å²) in [6.07, 6.45) is 19.7. The van der Waals surface area contributed by atoms with E-state index in [2.05, 4.69) is 26.0 Å². The summed E-state index contributed by atoms with van der Waals surface area (Å²) in [7, 11) is -4.44. The van der Waals surface area contributed by atoms with Crippen molar-refractivity contribution < 1.29 is 18.4 Å². The molecule has 0 aliphatic rings. The second kappa shape index (κ2) is 19.3. The number of fused-ring (bicyclic) bond motifs is 1. The van der Waals surface area contributed by atoms with E-state index in [-0.39, 0.29) is 59.3 Å². The van der Waals surface area contributed by atoms with Crippen molar-refractivity contribution in [2.45, 2.75) is 121 Å². The van der Waals surface area contributed by atoms with Gasteiger partial charge in [0.25, 0.3) is 0 Å². The van der Waals surface area contributed by atoms with Crippen LogP contribution >= 0.6 is 0 Å². The van der Waals surface area contributed by atoms with Crippen molar-refractivity contribution in [3.05, 3.63) is 41.5 Å². The molecule has 0 aliphatic heterocycles. The van der Waals surface area contributed by atoms with E-state index in [1.54, 1.807) is 12.1 Å². The predicted molar refractivity (Wildman–Crippen MR) is 143 cm³/mol. The topological polar surface area (TPSA) is 87.2 Å². The first-order valence-corrected chi connectivity index (χ1v) is 14.4. The Morgan fingerprint density at radius 3 is 1.68 bits per heavy atom. The van der Waals surface area contributed by atoms with Gasteiger partial charge >= 0.3 is 48.9 Å². The minimum Gasteiger partial charge on any atom is -0.870 e.